The Hall–Kier alpha value is -2.60. The molecule has 0 radical (unpaired) electrons. The number of para-hydroxylation sites is 2. The number of alkyl halides is 3. The molecule has 1 heterocycles. The summed E-state index contributed by atoms with van der Waals surface area (Å²) >= 11 is 6.50. The highest BCUT2D eigenvalue weighted by Crippen LogP contribution is 2.18. The van der Waals surface area contributed by atoms with Crippen LogP contribution in [0.3, 0.4) is 0 Å². The molecule has 29 heavy (non-hydrogen) atoms. The van der Waals surface area contributed by atoms with E-state index in [1.54, 1.807) is 6.07 Å². The molecule has 0 aliphatic heterocycles. The monoisotopic (exact) mass is 445 g/mol. The molecule has 0 fully saturated rings. The molecule has 0 aliphatic carbocycles. The lowest BCUT2D eigenvalue weighted by atomic mass is 10.2. The van der Waals surface area contributed by atoms with Crippen molar-refractivity contribution >= 4 is 51.1 Å². The largest absolute Gasteiger partial charge is 0.408 e. The molecule has 0 amide bonds. The molecule has 0 atom stereocenters. The number of halogens is 3. The van der Waals surface area contributed by atoms with Crippen LogP contribution in [0.4, 0.5) is 29.7 Å². The van der Waals surface area contributed by atoms with Crippen LogP contribution in [-0.2, 0) is 6.42 Å². The zero-order valence-electron chi connectivity index (χ0n) is 15.4. The van der Waals surface area contributed by atoms with Crippen molar-refractivity contribution in [1.29, 1.82) is 0 Å². The molecule has 2 aromatic rings. The molecular weight excluding hydrogens is 423 g/mol. The molecule has 0 saturated heterocycles. The minimum absolute atomic E-state index is 0.313. The maximum absolute atomic E-state index is 12.1. The molecule has 2 rings (SSSR count). The molecule has 12 heteroatoms. The van der Waals surface area contributed by atoms with Gasteiger partial charge in [0.05, 0.1) is 17.1 Å². The number of anilines is 3. The molecular formula is C17H22F3N7S2. The summed E-state index contributed by atoms with van der Waals surface area (Å²) in [5.41, 5.74) is 13.5. The number of guanidine groups is 1. The van der Waals surface area contributed by atoms with Crippen LogP contribution in [0, 0.1) is 0 Å². The lowest BCUT2D eigenvalue weighted by molar-refractivity contribution is -0.118. The second-order valence-electron chi connectivity index (χ2n) is 6.01. The van der Waals surface area contributed by atoms with E-state index in [0.29, 0.717) is 22.5 Å². The summed E-state index contributed by atoms with van der Waals surface area (Å²) in [6.45, 7) is -0.643. The lowest BCUT2D eigenvalue weighted by Gasteiger charge is -2.11. The third kappa shape index (κ3) is 8.96. The molecule has 0 bridgehead atoms. The van der Waals surface area contributed by atoms with E-state index in [2.05, 4.69) is 25.9 Å². The fraction of sp³-hybridized carbons (Fsp3) is 0.353. The third-order valence-electron chi connectivity index (χ3n) is 3.57. The average molecular weight is 446 g/mol. The number of hydrogen-bond acceptors (Lipinski definition) is 5. The van der Waals surface area contributed by atoms with Gasteiger partial charge in [-0.1, -0.05) is 12.1 Å². The Bertz CT molecular complexity index is 836. The van der Waals surface area contributed by atoms with Crippen LogP contribution in [0.2, 0.25) is 0 Å². The average Bonchev–Trinajstić information content (AvgIpc) is 3.08. The van der Waals surface area contributed by atoms with Crippen LogP contribution >= 0.6 is 23.6 Å². The SMILES string of the molecule is NC(=NCC(F)(F)F)Nc1nc(CCCCNC(=S)Nc2ccccc2N)cs1. The number of hydrogen-bond donors (Lipinski definition) is 5. The number of aromatic nitrogens is 1. The predicted octanol–water partition coefficient (Wildman–Crippen LogP) is 3.32. The number of aliphatic imine (C=N–C) groups is 1. The van der Waals surface area contributed by atoms with Crippen LogP contribution in [0.15, 0.2) is 34.6 Å². The lowest BCUT2D eigenvalue weighted by Crippen LogP contribution is -2.29. The number of benzene rings is 1. The number of aryl methyl sites for hydroxylation is 1. The van der Waals surface area contributed by atoms with E-state index in [0.717, 1.165) is 30.6 Å². The van der Waals surface area contributed by atoms with Gasteiger partial charge in [0.2, 0.25) is 0 Å². The topological polar surface area (TPSA) is 113 Å². The fourth-order valence-electron chi connectivity index (χ4n) is 2.21. The second kappa shape index (κ2) is 10.8. The number of nitrogens with zero attached hydrogens (tertiary/aromatic N) is 2. The molecule has 0 unspecified atom stereocenters. The van der Waals surface area contributed by atoms with Gasteiger partial charge < -0.3 is 27.4 Å². The molecule has 158 valence electrons. The summed E-state index contributed by atoms with van der Waals surface area (Å²) in [4.78, 5) is 7.51. The van der Waals surface area contributed by atoms with Gasteiger partial charge in [-0.25, -0.2) is 9.98 Å². The van der Waals surface area contributed by atoms with Crippen molar-refractivity contribution in [3.63, 3.8) is 0 Å². The van der Waals surface area contributed by atoms with Gasteiger partial charge in [-0.3, -0.25) is 0 Å². The molecule has 0 aliphatic rings. The highest BCUT2D eigenvalue weighted by molar-refractivity contribution is 7.80. The Morgan fingerprint density at radius 3 is 2.69 bits per heavy atom. The summed E-state index contributed by atoms with van der Waals surface area (Å²) in [6, 6.07) is 7.35. The van der Waals surface area contributed by atoms with Crippen LogP contribution < -0.4 is 27.4 Å². The van der Waals surface area contributed by atoms with Crippen LogP contribution in [0.1, 0.15) is 18.5 Å². The van der Waals surface area contributed by atoms with Crippen molar-refractivity contribution in [3.05, 3.63) is 35.3 Å². The first-order valence-corrected chi connectivity index (χ1v) is 9.99. The van der Waals surface area contributed by atoms with E-state index in [1.165, 1.54) is 11.3 Å². The molecule has 7 nitrogen and oxygen atoms in total. The number of thiazole rings is 1. The normalized spacial score (nSPS) is 11.9. The van der Waals surface area contributed by atoms with Crippen molar-refractivity contribution in [1.82, 2.24) is 10.3 Å². The Balaban J connectivity index is 1.65. The van der Waals surface area contributed by atoms with Gasteiger partial charge >= 0.3 is 6.18 Å². The molecule has 0 saturated carbocycles. The first-order chi connectivity index (χ1) is 13.7. The summed E-state index contributed by atoms with van der Waals surface area (Å²) in [6.07, 6.45) is -1.93. The van der Waals surface area contributed by atoms with Crippen LogP contribution in [0.25, 0.3) is 0 Å². The molecule has 7 N–H and O–H groups in total. The zero-order valence-corrected chi connectivity index (χ0v) is 17.1. The van der Waals surface area contributed by atoms with Crippen molar-refractivity contribution < 1.29 is 13.2 Å². The fourth-order valence-corrected chi connectivity index (χ4v) is 3.18. The standard InChI is InChI=1S/C17H22F3N7S2/c18-17(19,20)10-24-14(22)27-16-25-11(9-29-16)5-3-4-8-23-15(28)26-13-7-2-1-6-12(13)21/h1-2,6-7,9H,3-5,8,10,21H2,(H2,23,26,28)(H3,22,24,25,27). The number of nitrogen functional groups attached to an aromatic ring is 1. The summed E-state index contributed by atoms with van der Waals surface area (Å²) in [5.74, 6) is -0.313. The predicted molar refractivity (Wildman–Crippen MR) is 116 cm³/mol. The highest BCUT2D eigenvalue weighted by Gasteiger charge is 2.26. The van der Waals surface area contributed by atoms with Crippen LogP contribution in [-0.4, -0.2) is 35.3 Å². The Labute approximate surface area is 175 Å². The quantitative estimate of drug-likeness (QED) is 0.139. The van der Waals surface area contributed by atoms with E-state index in [9.17, 15) is 13.2 Å². The number of thiocarbonyl (C=S) groups is 1. The van der Waals surface area contributed by atoms with Gasteiger partial charge in [0.15, 0.2) is 16.2 Å². The minimum Gasteiger partial charge on any atom is -0.397 e. The zero-order chi connectivity index (χ0) is 21.3. The molecule has 1 aromatic carbocycles. The van der Waals surface area contributed by atoms with E-state index >= 15 is 0 Å². The maximum Gasteiger partial charge on any atom is 0.408 e. The highest BCUT2D eigenvalue weighted by atomic mass is 32.1. The van der Waals surface area contributed by atoms with Gasteiger partial charge in [0, 0.05) is 11.9 Å². The summed E-state index contributed by atoms with van der Waals surface area (Å²) in [5, 5.41) is 11.5. The molecule has 1 aromatic heterocycles. The van der Waals surface area contributed by atoms with Gasteiger partial charge in [-0.2, -0.15) is 13.2 Å². The summed E-state index contributed by atoms with van der Waals surface area (Å²) in [7, 11) is 0. The van der Waals surface area contributed by atoms with Gasteiger partial charge in [0.25, 0.3) is 0 Å². The van der Waals surface area contributed by atoms with E-state index in [-0.39, 0.29) is 5.96 Å². The number of unbranched alkanes of at least 4 members (excludes halogenated alkanes) is 1. The van der Waals surface area contributed by atoms with E-state index in [4.69, 9.17) is 23.7 Å². The van der Waals surface area contributed by atoms with Crippen molar-refractivity contribution in [3.8, 4) is 0 Å². The van der Waals surface area contributed by atoms with Gasteiger partial charge in [-0.15, -0.1) is 11.3 Å². The van der Waals surface area contributed by atoms with Gasteiger partial charge in [0.1, 0.15) is 6.54 Å². The minimum atomic E-state index is -4.39. The summed E-state index contributed by atoms with van der Waals surface area (Å²) < 4.78 is 36.3. The first kappa shape index (κ1) is 22.7. The van der Waals surface area contributed by atoms with Crippen molar-refractivity contribution in [2.24, 2.45) is 10.7 Å². The smallest absolute Gasteiger partial charge is 0.397 e. The van der Waals surface area contributed by atoms with E-state index in [1.807, 2.05) is 23.6 Å². The van der Waals surface area contributed by atoms with Crippen molar-refractivity contribution in [2.75, 3.05) is 29.5 Å². The Morgan fingerprint density at radius 2 is 1.97 bits per heavy atom. The third-order valence-corrected chi connectivity index (χ3v) is 4.62. The second-order valence-corrected chi connectivity index (χ2v) is 7.28. The number of nitrogens with two attached hydrogens (primary N) is 2. The first-order valence-electron chi connectivity index (χ1n) is 8.70. The maximum atomic E-state index is 12.1. The van der Waals surface area contributed by atoms with E-state index < -0.39 is 12.7 Å². The van der Waals surface area contributed by atoms with Gasteiger partial charge in [-0.05, 0) is 43.6 Å². The molecule has 0 spiro atoms. The van der Waals surface area contributed by atoms with Crippen molar-refractivity contribution in [2.45, 2.75) is 25.4 Å². The Kier molecular flexibility index (Phi) is 8.46. The number of nitrogens with one attached hydrogen (secondary N) is 3. The number of rotatable bonds is 8. The Morgan fingerprint density at radius 1 is 1.21 bits per heavy atom. The van der Waals surface area contributed by atoms with Crippen LogP contribution in [0.5, 0.6) is 0 Å².